The number of hydrogen-bond donors (Lipinski definition) is 1. The molecule has 1 aliphatic rings. The number of nitrogens with two attached hydrogens (primary N) is 1. The third-order valence-corrected chi connectivity index (χ3v) is 4.38. The summed E-state index contributed by atoms with van der Waals surface area (Å²) in [6.45, 7) is 7.52. The Kier molecular flexibility index (Phi) is 3.72. The lowest BCUT2D eigenvalue weighted by molar-refractivity contribution is 0.158. The van der Waals surface area contributed by atoms with Gasteiger partial charge >= 0.3 is 0 Å². The van der Waals surface area contributed by atoms with Crippen LogP contribution in [0.25, 0.3) is 10.9 Å². The van der Waals surface area contributed by atoms with Crippen molar-refractivity contribution in [1.29, 1.82) is 0 Å². The van der Waals surface area contributed by atoms with Crippen molar-refractivity contribution < 1.29 is 0 Å². The third-order valence-electron chi connectivity index (χ3n) is 4.38. The van der Waals surface area contributed by atoms with Crippen LogP contribution >= 0.6 is 0 Å². The fraction of sp³-hybridized carbons (Fsp3) is 0.471. The highest BCUT2D eigenvalue weighted by atomic mass is 15.1. The molecule has 20 heavy (non-hydrogen) atoms. The lowest BCUT2D eigenvalue weighted by Crippen LogP contribution is -2.45. The minimum atomic E-state index is 0.363. The van der Waals surface area contributed by atoms with E-state index in [1.807, 2.05) is 0 Å². The molecule has 2 N–H and O–H groups in total. The molecule has 1 aromatic carbocycles. The van der Waals surface area contributed by atoms with Gasteiger partial charge in [0.1, 0.15) is 0 Å². The number of rotatable bonds is 2. The van der Waals surface area contributed by atoms with E-state index in [2.05, 4.69) is 54.1 Å². The molecule has 2 unspecified atom stereocenters. The molecule has 0 spiro atoms. The van der Waals surface area contributed by atoms with E-state index in [0.717, 1.165) is 37.3 Å². The summed E-state index contributed by atoms with van der Waals surface area (Å²) in [5, 5.41) is 1.28. The topological polar surface area (TPSA) is 42.1 Å². The SMILES string of the molecule is Cc1cc(CN2CCC(N)C(C)C2)c2ccccc2n1. The lowest BCUT2D eigenvalue weighted by atomic mass is 9.94. The first kappa shape index (κ1) is 13.5. The fourth-order valence-electron chi connectivity index (χ4n) is 3.16. The molecule has 1 aromatic heterocycles. The molecule has 0 saturated carbocycles. The van der Waals surface area contributed by atoms with Crippen molar-refractivity contribution in [2.24, 2.45) is 11.7 Å². The Balaban J connectivity index is 1.87. The van der Waals surface area contributed by atoms with Crippen LogP contribution in [0.5, 0.6) is 0 Å². The highest BCUT2D eigenvalue weighted by Crippen LogP contribution is 2.22. The van der Waals surface area contributed by atoms with Gasteiger partial charge in [0.05, 0.1) is 5.52 Å². The monoisotopic (exact) mass is 269 g/mol. The fourth-order valence-corrected chi connectivity index (χ4v) is 3.16. The molecule has 0 bridgehead atoms. The van der Waals surface area contributed by atoms with Crippen LogP contribution in [0.1, 0.15) is 24.6 Å². The van der Waals surface area contributed by atoms with Gasteiger partial charge in [-0.1, -0.05) is 25.1 Å². The molecule has 2 aromatic rings. The maximum atomic E-state index is 6.11. The van der Waals surface area contributed by atoms with Crippen molar-refractivity contribution in [3.63, 3.8) is 0 Å². The van der Waals surface area contributed by atoms with Crippen molar-refractivity contribution in [3.05, 3.63) is 41.6 Å². The number of aryl methyl sites for hydroxylation is 1. The molecule has 106 valence electrons. The van der Waals surface area contributed by atoms with Gasteiger partial charge in [-0.05, 0) is 43.5 Å². The van der Waals surface area contributed by atoms with Crippen LogP contribution in [0.15, 0.2) is 30.3 Å². The van der Waals surface area contributed by atoms with Crippen molar-refractivity contribution in [2.45, 2.75) is 32.9 Å². The summed E-state index contributed by atoms with van der Waals surface area (Å²) in [4.78, 5) is 7.14. The average molecular weight is 269 g/mol. The number of piperidine rings is 1. The van der Waals surface area contributed by atoms with Crippen molar-refractivity contribution >= 4 is 10.9 Å². The Morgan fingerprint density at radius 2 is 2.15 bits per heavy atom. The summed E-state index contributed by atoms with van der Waals surface area (Å²) in [7, 11) is 0. The summed E-state index contributed by atoms with van der Waals surface area (Å²) in [5.74, 6) is 0.581. The van der Waals surface area contributed by atoms with Gasteiger partial charge < -0.3 is 5.73 Å². The predicted octanol–water partition coefficient (Wildman–Crippen LogP) is 2.71. The molecule has 2 heterocycles. The number of nitrogens with zero attached hydrogens (tertiary/aromatic N) is 2. The number of aromatic nitrogens is 1. The molecule has 3 rings (SSSR count). The van der Waals surface area contributed by atoms with Crippen LogP contribution in [0.3, 0.4) is 0 Å². The van der Waals surface area contributed by atoms with E-state index in [9.17, 15) is 0 Å². The summed E-state index contributed by atoms with van der Waals surface area (Å²) < 4.78 is 0. The van der Waals surface area contributed by atoms with E-state index in [4.69, 9.17) is 5.73 Å². The van der Waals surface area contributed by atoms with Crippen molar-refractivity contribution in [2.75, 3.05) is 13.1 Å². The van der Waals surface area contributed by atoms with E-state index < -0.39 is 0 Å². The predicted molar refractivity (Wildman–Crippen MR) is 83.5 cm³/mol. The number of fused-ring (bicyclic) bond motifs is 1. The molecule has 3 nitrogen and oxygen atoms in total. The molecule has 1 saturated heterocycles. The van der Waals surface area contributed by atoms with Gasteiger partial charge in [0.25, 0.3) is 0 Å². The zero-order valence-electron chi connectivity index (χ0n) is 12.3. The minimum Gasteiger partial charge on any atom is -0.327 e. The van der Waals surface area contributed by atoms with Crippen LogP contribution in [-0.2, 0) is 6.54 Å². The number of para-hydroxylation sites is 1. The van der Waals surface area contributed by atoms with E-state index in [1.54, 1.807) is 0 Å². The molecule has 0 amide bonds. The highest BCUT2D eigenvalue weighted by Gasteiger charge is 2.23. The van der Waals surface area contributed by atoms with E-state index in [-0.39, 0.29) is 0 Å². The van der Waals surface area contributed by atoms with Crippen LogP contribution in [0.2, 0.25) is 0 Å². The number of benzene rings is 1. The van der Waals surface area contributed by atoms with Gasteiger partial charge in [-0.25, -0.2) is 0 Å². The lowest BCUT2D eigenvalue weighted by Gasteiger charge is -2.35. The van der Waals surface area contributed by atoms with E-state index in [1.165, 1.54) is 10.9 Å². The molecule has 0 aliphatic carbocycles. The first-order valence-corrected chi connectivity index (χ1v) is 7.46. The van der Waals surface area contributed by atoms with Gasteiger partial charge in [0.15, 0.2) is 0 Å². The Hall–Kier alpha value is -1.45. The van der Waals surface area contributed by atoms with Gasteiger partial charge in [0, 0.05) is 30.2 Å². The first-order chi connectivity index (χ1) is 9.63. The van der Waals surface area contributed by atoms with Crippen LogP contribution < -0.4 is 5.73 Å². The Labute approximate surface area is 120 Å². The minimum absolute atomic E-state index is 0.363. The Bertz CT molecular complexity index is 608. The number of likely N-dealkylation sites (tertiary alicyclic amines) is 1. The molecule has 2 atom stereocenters. The summed E-state index contributed by atoms with van der Waals surface area (Å²) >= 11 is 0. The third kappa shape index (κ3) is 2.69. The first-order valence-electron chi connectivity index (χ1n) is 7.46. The number of hydrogen-bond acceptors (Lipinski definition) is 3. The Morgan fingerprint density at radius 1 is 1.35 bits per heavy atom. The largest absolute Gasteiger partial charge is 0.327 e. The summed E-state index contributed by atoms with van der Waals surface area (Å²) in [6.07, 6.45) is 1.10. The smallest absolute Gasteiger partial charge is 0.0708 e. The molecular formula is C17H23N3. The molecule has 3 heteroatoms. The summed E-state index contributed by atoms with van der Waals surface area (Å²) in [5.41, 5.74) is 9.70. The zero-order chi connectivity index (χ0) is 14.1. The molecule has 1 aliphatic heterocycles. The second kappa shape index (κ2) is 5.51. The van der Waals surface area contributed by atoms with Crippen molar-refractivity contribution in [3.8, 4) is 0 Å². The van der Waals surface area contributed by atoms with Crippen LogP contribution in [0.4, 0.5) is 0 Å². The maximum absolute atomic E-state index is 6.11. The second-order valence-corrected chi connectivity index (χ2v) is 6.10. The van der Waals surface area contributed by atoms with Crippen LogP contribution in [0, 0.1) is 12.8 Å². The zero-order valence-corrected chi connectivity index (χ0v) is 12.3. The standard InChI is InChI=1S/C17H23N3/c1-12-10-20(8-7-16(12)18)11-14-9-13(2)19-17-6-4-3-5-15(14)17/h3-6,9,12,16H,7-8,10-11,18H2,1-2H3. The molecule has 0 radical (unpaired) electrons. The van der Waals surface area contributed by atoms with E-state index >= 15 is 0 Å². The average Bonchev–Trinajstić information content (AvgIpc) is 2.43. The van der Waals surface area contributed by atoms with Gasteiger partial charge in [-0.15, -0.1) is 0 Å². The highest BCUT2D eigenvalue weighted by molar-refractivity contribution is 5.82. The second-order valence-electron chi connectivity index (χ2n) is 6.10. The van der Waals surface area contributed by atoms with Crippen LogP contribution in [-0.4, -0.2) is 29.0 Å². The van der Waals surface area contributed by atoms with Gasteiger partial charge in [-0.3, -0.25) is 9.88 Å². The molecule has 1 fully saturated rings. The summed E-state index contributed by atoms with van der Waals surface area (Å²) in [6, 6.07) is 11.0. The van der Waals surface area contributed by atoms with E-state index in [0.29, 0.717) is 12.0 Å². The van der Waals surface area contributed by atoms with Gasteiger partial charge in [0.2, 0.25) is 0 Å². The van der Waals surface area contributed by atoms with Crippen molar-refractivity contribution in [1.82, 2.24) is 9.88 Å². The maximum Gasteiger partial charge on any atom is 0.0708 e. The normalized spacial score (nSPS) is 24.1. The quantitative estimate of drug-likeness (QED) is 0.911. The Morgan fingerprint density at radius 3 is 2.95 bits per heavy atom. The van der Waals surface area contributed by atoms with Gasteiger partial charge in [-0.2, -0.15) is 0 Å². The molecular weight excluding hydrogens is 246 g/mol. The number of pyridine rings is 1.